The monoisotopic (exact) mass is 389 g/mol. The molecule has 0 spiro atoms. The highest BCUT2D eigenvalue weighted by Gasteiger charge is 2.11. The second-order valence-electron chi connectivity index (χ2n) is 7.14. The fraction of sp³-hybridized carbons (Fsp3) is 0.273. The van der Waals surface area contributed by atoms with Crippen LogP contribution in [0.15, 0.2) is 60.9 Å². The van der Waals surface area contributed by atoms with Crippen LogP contribution in [0, 0.1) is 0 Å². The number of aromatic nitrogens is 4. The van der Waals surface area contributed by atoms with E-state index in [1.807, 2.05) is 48.7 Å². The van der Waals surface area contributed by atoms with Crippen LogP contribution in [0.1, 0.15) is 0 Å². The number of morpholine rings is 1. The zero-order chi connectivity index (χ0) is 19.5. The largest absolute Gasteiger partial charge is 0.457 e. The Labute approximate surface area is 168 Å². The molecule has 1 aliphatic heterocycles. The highest BCUT2D eigenvalue weighted by Crippen LogP contribution is 2.27. The van der Waals surface area contributed by atoms with E-state index in [-0.39, 0.29) is 0 Å². The lowest BCUT2D eigenvalue weighted by atomic mass is 10.1. The lowest BCUT2D eigenvalue weighted by Crippen LogP contribution is -2.38. The summed E-state index contributed by atoms with van der Waals surface area (Å²) in [6, 6.07) is 16.0. The number of aromatic amines is 1. The summed E-state index contributed by atoms with van der Waals surface area (Å²) in [4.78, 5) is 2.42. The Morgan fingerprint density at radius 2 is 1.79 bits per heavy atom. The van der Waals surface area contributed by atoms with Crippen LogP contribution in [0.4, 0.5) is 0 Å². The van der Waals surface area contributed by atoms with Crippen LogP contribution in [0.5, 0.6) is 11.5 Å². The second-order valence-corrected chi connectivity index (χ2v) is 7.14. The first kappa shape index (κ1) is 17.9. The summed E-state index contributed by atoms with van der Waals surface area (Å²) in [6.45, 7) is 5.50. The molecule has 1 N–H and O–H groups in total. The van der Waals surface area contributed by atoms with E-state index in [1.54, 1.807) is 6.20 Å². The molecule has 0 atom stereocenters. The zero-order valence-corrected chi connectivity index (χ0v) is 16.1. The van der Waals surface area contributed by atoms with Crippen LogP contribution >= 0.6 is 0 Å². The van der Waals surface area contributed by atoms with Crippen molar-refractivity contribution in [2.75, 3.05) is 32.8 Å². The van der Waals surface area contributed by atoms with Gasteiger partial charge in [-0.2, -0.15) is 10.2 Å². The van der Waals surface area contributed by atoms with E-state index in [4.69, 9.17) is 9.47 Å². The Morgan fingerprint density at radius 1 is 0.966 bits per heavy atom. The van der Waals surface area contributed by atoms with Gasteiger partial charge in [0, 0.05) is 31.2 Å². The van der Waals surface area contributed by atoms with Crippen LogP contribution in [0.3, 0.4) is 0 Å². The second kappa shape index (κ2) is 8.06. The molecule has 3 heterocycles. The van der Waals surface area contributed by atoms with Crippen molar-refractivity contribution >= 4 is 10.9 Å². The Balaban J connectivity index is 1.26. The van der Waals surface area contributed by atoms with E-state index in [0.717, 1.165) is 73.1 Å². The maximum absolute atomic E-state index is 6.04. The third-order valence-electron chi connectivity index (χ3n) is 5.25. The van der Waals surface area contributed by atoms with Crippen molar-refractivity contribution in [1.82, 2.24) is 24.9 Å². The summed E-state index contributed by atoms with van der Waals surface area (Å²) in [5, 5.41) is 12.6. The maximum Gasteiger partial charge on any atom is 0.128 e. The van der Waals surface area contributed by atoms with Crippen molar-refractivity contribution in [3.05, 3.63) is 60.9 Å². The number of hydrogen-bond acceptors (Lipinski definition) is 5. The number of hydrogen-bond donors (Lipinski definition) is 1. The molecular formula is C22H23N5O2. The molecule has 1 fully saturated rings. The first-order valence-electron chi connectivity index (χ1n) is 9.88. The smallest absolute Gasteiger partial charge is 0.128 e. The van der Waals surface area contributed by atoms with Gasteiger partial charge in [0.05, 0.1) is 37.2 Å². The van der Waals surface area contributed by atoms with Crippen LogP contribution in [-0.2, 0) is 11.3 Å². The average Bonchev–Trinajstić information content (AvgIpc) is 3.44. The van der Waals surface area contributed by atoms with Crippen molar-refractivity contribution in [2.24, 2.45) is 0 Å². The molecule has 0 unspecified atom stereocenters. The normalized spacial score (nSPS) is 15.0. The topological polar surface area (TPSA) is 68.2 Å². The van der Waals surface area contributed by atoms with Gasteiger partial charge in [-0.25, -0.2) is 0 Å². The summed E-state index contributed by atoms with van der Waals surface area (Å²) in [6.07, 6.45) is 3.65. The minimum absolute atomic E-state index is 0.798. The molecule has 7 nitrogen and oxygen atoms in total. The Kier molecular flexibility index (Phi) is 4.98. The van der Waals surface area contributed by atoms with E-state index in [2.05, 4.69) is 30.9 Å². The molecule has 2 aromatic heterocycles. The van der Waals surface area contributed by atoms with Gasteiger partial charge in [-0.15, -0.1) is 0 Å². The van der Waals surface area contributed by atoms with Gasteiger partial charge in [-0.3, -0.25) is 14.7 Å². The molecule has 1 aliphatic rings. The van der Waals surface area contributed by atoms with Crippen LogP contribution < -0.4 is 4.74 Å². The zero-order valence-electron chi connectivity index (χ0n) is 16.1. The van der Waals surface area contributed by atoms with Gasteiger partial charge in [0.1, 0.15) is 11.5 Å². The Bertz CT molecular complexity index is 1070. The third-order valence-corrected chi connectivity index (χ3v) is 5.25. The van der Waals surface area contributed by atoms with Crippen molar-refractivity contribution in [1.29, 1.82) is 0 Å². The quantitative estimate of drug-likeness (QED) is 0.546. The molecule has 5 rings (SSSR count). The minimum Gasteiger partial charge on any atom is -0.457 e. The van der Waals surface area contributed by atoms with Crippen molar-refractivity contribution in [3.63, 3.8) is 0 Å². The predicted molar refractivity (Wildman–Crippen MR) is 111 cm³/mol. The predicted octanol–water partition coefficient (Wildman–Crippen LogP) is 3.55. The van der Waals surface area contributed by atoms with Crippen LogP contribution in [0.2, 0.25) is 0 Å². The molecule has 0 bridgehead atoms. The van der Waals surface area contributed by atoms with Crippen LogP contribution in [-0.4, -0.2) is 57.7 Å². The number of ether oxygens (including phenoxy) is 2. The minimum atomic E-state index is 0.798. The fourth-order valence-corrected chi connectivity index (χ4v) is 3.62. The average molecular weight is 389 g/mol. The molecule has 1 saturated heterocycles. The van der Waals surface area contributed by atoms with Crippen molar-refractivity contribution in [3.8, 4) is 22.8 Å². The molecule has 4 aromatic rings. The molecule has 2 aromatic carbocycles. The van der Waals surface area contributed by atoms with E-state index < -0.39 is 0 Å². The van der Waals surface area contributed by atoms with Crippen molar-refractivity contribution in [2.45, 2.75) is 6.54 Å². The van der Waals surface area contributed by atoms with Gasteiger partial charge >= 0.3 is 0 Å². The summed E-state index contributed by atoms with van der Waals surface area (Å²) in [5.41, 5.74) is 3.19. The van der Waals surface area contributed by atoms with Gasteiger partial charge in [-0.05, 0) is 54.1 Å². The van der Waals surface area contributed by atoms with E-state index in [1.165, 1.54) is 0 Å². The molecular weight excluding hydrogens is 366 g/mol. The summed E-state index contributed by atoms with van der Waals surface area (Å²) < 4.78 is 13.5. The van der Waals surface area contributed by atoms with E-state index in [0.29, 0.717) is 0 Å². The first-order valence-corrected chi connectivity index (χ1v) is 9.88. The molecule has 0 radical (unpaired) electrons. The lowest BCUT2D eigenvalue weighted by Gasteiger charge is -2.26. The van der Waals surface area contributed by atoms with E-state index in [9.17, 15) is 0 Å². The van der Waals surface area contributed by atoms with Gasteiger partial charge in [-0.1, -0.05) is 0 Å². The van der Waals surface area contributed by atoms with E-state index >= 15 is 0 Å². The Morgan fingerprint density at radius 3 is 2.59 bits per heavy atom. The molecule has 0 amide bonds. The first-order chi connectivity index (χ1) is 14.3. The van der Waals surface area contributed by atoms with Gasteiger partial charge in [0.2, 0.25) is 0 Å². The highest BCUT2D eigenvalue weighted by atomic mass is 16.5. The number of nitrogens with zero attached hydrogens (tertiary/aromatic N) is 4. The fourth-order valence-electron chi connectivity index (χ4n) is 3.62. The highest BCUT2D eigenvalue weighted by molar-refractivity contribution is 5.80. The van der Waals surface area contributed by atoms with Gasteiger partial charge in [0.25, 0.3) is 0 Å². The van der Waals surface area contributed by atoms with Crippen LogP contribution in [0.25, 0.3) is 22.2 Å². The number of H-pyrrole nitrogens is 1. The number of nitrogens with one attached hydrogen (secondary N) is 1. The SMILES string of the molecule is c1cc(-c2ccc(Oc3ccc4c(cnn4CCN4CCOCC4)c3)cc2)[nH]n1. The molecule has 7 heteroatoms. The number of benzene rings is 2. The summed E-state index contributed by atoms with van der Waals surface area (Å²) in [7, 11) is 0. The summed E-state index contributed by atoms with van der Waals surface area (Å²) in [5.74, 6) is 1.60. The Hall–Kier alpha value is -3.16. The molecule has 0 saturated carbocycles. The van der Waals surface area contributed by atoms with Gasteiger partial charge in [0.15, 0.2) is 0 Å². The third kappa shape index (κ3) is 4.01. The van der Waals surface area contributed by atoms with Crippen molar-refractivity contribution < 1.29 is 9.47 Å². The number of rotatable bonds is 6. The lowest BCUT2D eigenvalue weighted by molar-refractivity contribution is 0.0361. The number of fused-ring (bicyclic) bond motifs is 1. The molecule has 29 heavy (non-hydrogen) atoms. The summed E-state index contributed by atoms with van der Waals surface area (Å²) >= 11 is 0. The maximum atomic E-state index is 6.04. The standard InChI is InChI=1S/C22H23N5O2/c1-3-19(4-2-17(1)21-7-8-23-25-21)29-20-5-6-22-18(15-20)16-24-27(22)10-9-26-11-13-28-14-12-26/h1-8,15-16H,9-14H2,(H,23,25). The molecule has 0 aliphatic carbocycles. The molecule has 148 valence electrons. The van der Waals surface area contributed by atoms with Gasteiger partial charge < -0.3 is 9.47 Å².